The number of fused-ring (bicyclic) bond motifs is 3. The van der Waals surface area contributed by atoms with Crippen molar-refractivity contribution in [1.82, 2.24) is 4.90 Å². The lowest BCUT2D eigenvalue weighted by molar-refractivity contribution is -0.231. The Morgan fingerprint density at radius 3 is 2.65 bits per heavy atom. The third-order valence-electron chi connectivity index (χ3n) is 4.25. The Morgan fingerprint density at radius 1 is 1.53 bits per heavy atom. The summed E-state index contributed by atoms with van der Waals surface area (Å²) < 4.78 is 32.7. The summed E-state index contributed by atoms with van der Waals surface area (Å²) in [5.74, 6) is -3.63. The molecule has 3 aliphatic heterocycles. The fraction of sp³-hybridized carbons (Fsp3) is 0.909. The van der Waals surface area contributed by atoms with E-state index in [-0.39, 0.29) is 13.0 Å². The summed E-state index contributed by atoms with van der Waals surface area (Å²) in [6.07, 6.45) is 0.129. The van der Waals surface area contributed by atoms with Gasteiger partial charge in [-0.15, -0.1) is 0 Å². The lowest BCUT2D eigenvalue weighted by atomic mass is 9.62. The maximum Gasteiger partial charge on any atom is 0.272 e. The second kappa shape index (κ2) is 3.70. The minimum Gasteiger partial charge on any atom is -0.394 e. The van der Waals surface area contributed by atoms with E-state index >= 15 is 0 Å². The van der Waals surface area contributed by atoms with Gasteiger partial charge in [-0.3, -0.25) is 9.69 Å². The lowest BCUT2D eigenvalue weighted by Gasteiger charge is -2.58. The van der Waals surface area contributed by atoms with Crippen molar-refractivity contribution >= 4 is 5.78 Å². The molecule has 98 valence electrons. The normalized spacial score (nSPS) is 44.1. The van der Waals surface area contributed by atoms with Gasteiger partial charge in [0, 0.05) is 13.7 Å². The molecule has 1 unspecified atom stereocenters. The summed E-state index contributed by atoms with van der Waals surface area (Å²) >= 11 is 0. The van der Waals surface area contributed by atoms with Crippen molar-refractivity contribution in [2.24, 2.45) is 5.41 Å². The molecular weight excluding hydrogens is 232 g/mol. The summed E-state index contributed by atoms with van der Waals surface area (Å²) in [7, 11) is 1.40. The van der Waals surface area contributed by atoms with E-state index in [9.17, 15) is 18.7 Å². The van der Waals surface area contributed by atoms with Crippen molar-refractivity contribution in [3.63, 3.8) is 0 Å². The van der Waals surface area contributed by atoms with E-state index in [1.54, 1.807) is 0 Å². The molecule has 3 aliphatic rings. The molecule has 0 radical (unpaired) electrons. The highest BCUT2D eigenvalue weighted by Gasteiger charge is 2.70. The van der Waals surface area contributed by atoms with E-state index in [0.717, 1.165) is 0 Å². The van der Waals surface area contributed by atoms with E-state index < -0.39 is 35.8 Å². The summed E-state index contributed by atoms with van der Waals surface area (Å²) in [5, 5.41) is 9.46. The van der Waals surface area contributed by atoms with Crippen LogP contribution in [-0.4, -0.2) is 60.7 Å². The van der Waals surface area contributed by atoms with E-state index in [2.05, 4.69) is 0 Å². The molecule has 0 aromatic rings. The molecule has 3 atom stereocenters. The van der Waals surface area contributed by atoms with E-state index in [4.69, 9.17) is 4.74 Å². The number of hydrogen-bond donors (Lipinski definition) is 1. The second-order valence-corrected chi connectivity index (χ2v) is 5.16. The highest BCUT2D eigenvalue weighted by atomic mass is 19.3. The molecule has 17 heavy (non-hydrogen) atoms. The van der Waals surface area contributed by atoms with Crippen LogP contribution in [0.15, 0.2) is 0 Å². The molecule has 0 spiro atoms. The fourth-order valence-electron chi connectivity index (χ4n) is 2.95. The third-order valence-corrected chi connectivity index (χ3v) is 4.25. The van der Waals surface area contributed by atoms with Crippen LogP contribution in [0, 0.1) is 5.41 Å². The van der Waals surface area contributed by atoms with Crippen LogP contribution in [0.3, 0.4) is 0 Å². The number of carbonyl (C=O) groups is 1. The Kier molecular flexibility index (Phi) is 2.80. The van der Waals surface area contributed by atoms with Gasteiger partial charge in [0.2, 0.25) is 0 Å². The molecular formula is C11H17F2NO3. The second-order valence-electron chi connectivity index (χ2n) is 5.16. The average molecular weight is 249 g/mol. The van der Waals surface area contributed by atoms with Crippen molar-refractivity contribution in [2.45, 2.75) is 24.8 Å². The molecule has 0 aliphatic carbocycles. The topological polar surface area (TPSA) is 49.8 Å². The maximum absolute atomic E-state index is 13.9. The standard InChI is InChI=1S/C11H17F2NO3/c1-9-3-4-14(5-11(9,12)13)10(6-15,7-17-2)8(9)16/h15H,3-7H2,1-2H3/t9-,10+/m0/s1. The van der Waals surface area contributed by atoms with Gasteiger partial charge in [0.05, 0.1) is 25.2 Å². The number of aliphatic hydroxyl groups is 1. The van der Waals surface area contributed by atoms with Gasteiger partial charge in [-0.05, 0) is 13.3 Å². The number of ketones is 1. The minimum atomic E-state index is -3.03. The zero-order valence-corrected chi connectivity index (χ0v) is 10.0. The van der Waals surface area contributed by atoms with Crippen LogP contribution in [0.1, 0.15) is 13.3 Å². The molecule has 6 heteroatoms. The van der Waals surface area contributed by atoms with Crippen LogP contribution in [-0.2, 0) is 9.53 Å². The van der Waals surface area contributed by atoms with Gasteiger partial charge < -0.3 is 9.84 Å². The minimum absolute atomic E-state index is 0.0476. The molecule has 3 fully saturated rings. The maximum atomic E-state index is 13.9. The van der Waals surface area contributed by atoms with E-state index in [0.29, 0.717) is 6.54 Å². The van der Waals surface area contributed by atoms with Crippen molar-refractivity contribution in [2.75, 3.05) is 33.4 Å². The molecule has 0 saturated carbocycles. The summed E-state index contributed by atoms with van der Waals surface area (Å²) in [4.78, 5) is 13.7. The summed E-state index contributed by atoms with van der Waals surface area (Å²) in [6, 6.07) is 0. The number of aliphatic hydroxyl groups excluding tert-OH is 1. The van der Waals surface area contributed by atoms with Crippen molar-refractivity contribution in [3.8, 4) is 0 Å². The van der Waals surface area contributed by atoms with Crippen LogP contribution in [0.5, 0.6) is 0 Å². The highest BCUT2D eigenvalue weighted by Crippen LogP contribution is 2.53. The molecule has 4 nitrogen and oxygen atoms in total. The van der Waals surface area contributed by atoms with Crippen molar-refractivity contribution in [3.05, 3.63) is 0 Å². The quantitative estimate of drug-likeness (QED) is 0.781. The number of hydrogen-bond acceptors (Lipinski definition) is 4. The third kappa shape index (κ3) is 1.41. The van der Waals surface area contributed by atoms with Crippen LogP contribution in [0.2, 0.25) is 0 Å². The van der Waals surface area contributed by atoms with E-state index in [1.807, 2.05) is 0 Å². The van der Waals surface area contributed by atoms with Crippen molar-refractivity contribution in [1.29, 1.82) is 0 Å². The van der Waals surface area contributed by atoms with E-state index in [1.165, 1.54) is 18.9 Å². The van der Waals surface area contributed by atoms with Gasteiger partial charge in [-0.2, -0.15) is 0 Å². The van der Waals surface area contributed by atoms with Crippen LogP contribution in [0.25, 0.3) is 0 Å². The van der Waals surface area contributed by atoms with Gasteiger partial charge in [-0.1, -0.05) is 0 Å². The number of rotatable bonds is 3. The first-order valence-electron chi connectivity index (χ1n) is 5.62. The molecule has 2 bridgehead atoms. The predicted molar refractivity (Wildman–Crippen MR) is 55.9 cm³/mol. The SMILES string of the molecule is COC[C@]1(CO)C(=O)[C@]2(C)CCN1CC2(F)F. The molecule has 0 aromatic heterocycles. The van der Waals surface area contributed by atoms with Crippen LogP contribution in [0.4, 0.5) is 8.78 Å². The number of nitrogens with zero attached hydrogens (tertiary/aromatic N) is 1. The summed E-state index contributed by atoms with van der Waals surface area (Å²) in [5.41, 5.74) is -2.97. The zero-order chi connectivity index (χ0) is 12.9. The van der Waals surface area contributed by atoms with Crippen LogP contribution < -0.4 is 0 Å². The number of alkyl halides is 2. The molecule has 3 heterocycles. The highest BCUT2D eigenvalue weighted by molar-refractivity contribution is 5.96. The van der Waals surface area contributed by atoms with Gasteiger partial charge >= 0.3 is 0 Å². The number of Topliss-reactive ketones (excluding diaryl/α,β-unsaturated/α-hetero) is 1. The van der Waals surface area contributed by atoms with Gasteiger partial charge in [-0.25, -0.2) is 8.78 Å². The lowest BCUT2D eigenvalue weighted by Crippen LogP contribution is -2.78. The first kappa shape index (κ1) is 12.9. The first-order chi connectivity index (χ1) is 7.84. The summed E-state index contributed by atoms with van der Waals surface area (Å²) in [6.45, 7) is 0.673. The molecule has 1 N–H and O–H groups in total. The van der Waals surface area contributed by atoms with Crippen molar-refractivity contribution < 1.29 is 23.4 Å². The Labute approximate surface area is 98.5 Å². The molecule has 0 aromatic carbocycles. The predicted octanol–water partition coefficient (Wildman–Crippen LogP) is 0.294. The fourth-order valence-corrected chi connectivity index (χ4v) is 2.95. The van der Waals surface area contributed by atoms with Crippen LogP contribution >= 0.6 is 0 Å². The Bertz CT molecular complexity index is 350. The molecule has 0 amide bonds. The molecule has 3 saturated heterocycles. The average Bonchev–Trinajstić information content (AvgIpc) is 2.27. The van der Waals surface area contributed by atoms with Gasteiger partial charge in [0.1, 0.15) is 5.54 Å². The number of methoxy groups -OCH3 is 1. The Hall–Kier alpha value is -0.590. The first-order valence-corrected chi connectivity index (χ1v) is 5.62. The smallest absolute Gasteiger partial charge is 0.272 e. The molecule has 3 rings (SSSR count). The van der Waals surface area contributed by atoms with Gasteiger partial charge in [0.25, 0.3) is 5.92 Å². The van der Waals surface area contributed by atoms with Gasteiger partial charge in [0.15, 0.2) is 5.78 Å². The number of piperidine rings is 3. The monoisotopic (exact) mass is 249 g/mol. The number of halogens is 2. The largest absolute Gasteiger partial charge is 0.394 e. The Morgan fingerprint density at radius 2 is 2.18 bits per heavy atom. The number of ether oxygens (including phenoxy) is 1. The number of carbonyl (C=O) groups excluding carboxylic acids is 1. The Balaban J connectivity index is 2.45. The zero-order valence-electron chi connectivity index (χ0n) is 10.0.